The molecule has 0 bridgehead atoms. The standard InChI is InChI=1S/C17H29NO3/c1-12-8-7-10-15(2,3)13(12)9-11-16(4)17(5,20)18(6)14(19)21-16/h20H,7-11H2,1-6H3/t16-,17+/m0/s1. The van der Waals surface area contributed by atoms with Gasteiger partial charge in [0.25, 0.3) is 0 Å². The van der Waals surface area contributed by atoms with Crippen molar-refractivity contribution >= 4 is 6.09 Å². The zero-order chi connectivity index (χ0) is 16.1. The minimum atomic E-state index is -1.27. The number of carbonyl (C=O) groups is 1. The van der Waals surface area contributed by atoms with E-state index in [1.54, 1.807) is 14.0 Å². The number of aliphatic hydroxyl groups is 1. The average Bonchev–Trinajstić information content (AvgIpc) is 2.49. The predicted octanol–water partition coefficient (Wildman–Crippen LogP) is 3.84. The summed E-state index contributed by atoms with van der Waals surface area (Å²) < 4.78 is 5.49. The molecule has 0 saturated carbocycles. The summed E-state index contributed by atoms with van der Waals surface area (Å²) in [5, 5.41) is 10.6. The Bertz CT molecular complexity index is 478. The predicted molar refractivity (Wildman–Crippen MR) is 82.8 cm³/mol. The number of cyclic esters (lactones) is 1. The van der Waals surface area contributed by atoms with Crippen molar-refractivity contribution in [2.75, 3.05) is 7.05 Å². The van der Waals surface area contributed by atoms with Crippen LogP contribution in [0.5, 0.6) is 0 Å². The number of ether oxygens (including phenoxy) is 1. The maximum absolute atomic E-state index is 11.8. The van der Waals surface area contributed by atoms with Crippen LogP contribution in [-0.4, -0.2) is 34.5 Å². The van der Waals surface area contributed by atoms with E-state index in [0.717, 1.165) is 12.8 Å². The van der Waals surface area contributed by atoms with Crippen molar-refractivity contribution in [3.63, 3.8) is 0 Å². The Hall–Kier alpha value is -1.03. The average molecular weight is 295 g/mol. The smallest absolute Gasteiger partial charge is 0.412 e. The van der Waals surface area contributed by atoms with E-state index in [2.05, 4.69) is 20.8 Å². The molecule has 4 nitrogen and oxygen atoms in total. The van der Waals surface area contributed by atoms with Gasteiger partial charge in [0, 0.05) is 7.05 Å². The summed E-state index contributed by atoms with van der Waals surface area (Å²) in [6, 6.07) is 0. The molecule has 1 N–H and O–H groups in total. The van der Waals surface area contributed by atoms with Gasteiger partial charge in [-0.2, -0.15) is 0 Å². The third-order valence-corrected chi connectivity index (χ3v) is 5.78. The minimum Gasteiger partial charge on any atom is -0.438 e. The van der Waals surface area contributed by atoms with Gasteiger partial charge < -0.3 is 9.84 Å². The fourth-order valence-corrected chi connectivity index (χ4v) is 3.77. The third kappa shape index (κ3) is 2.59. The van der Waals surface area contributed by atoms with Crippen LogP contribution in [0, 0.1) is 5.41 Å². The number of amides is 1. The van der Waals surface area contributed by atoms with Gasteiger partial charge in [-0.3, -0.25) is 4.90 Å². The highest BCUT2D eigenvalue weighted by molar-refractivity contribution is 5.71. The van der Waals surface area contributed by atoms with Crippen molar-refractivity contribution in [3.05, 3.63) is 11.1 Å². The van der Waals surface area contributed by atoms with E-state index in [9.17, 15) is 9.90 Å². The fraction of sp³-hybridized carbons (Fsp3) is 0.824. The van der Waals surface area contributed by atoms with Crippen LogP contribution in [0.25, 0.3) is 0 Å². The van der Waals surface area contributed by atoms with Gasteiger partial charge in [-0.1, -0.05) is 25.0 Å². The Labute approximate surface area is 128 Å². The van der Waals surface area contributed by atoms with Gasteiger partial charge in [-0.15, -0.1) is 0 Å². The van der Waals surface area contributed by atoms with Crippen LogP contribution in [0.1, 0.15) is 66.7 Å². The Morgan fingerprint density at radius 1 is 1.29 bits per heavy atom. The molecule has 1 heterocycles. The number of rotatable bonds is 3. The number of nitrogens with zero attached hydrogens (tertiary/aromatic N) is 1. The number of hydrogen-bond acceptors (Lipinski definition) is 3. The SMILES string of the molecule is CC1=C(CC[C@]2(C)OC(=O)N(C)[C@]2(C)O)C(C)(C)CCC1. The van der Waals surface area contributed by atoms with Crippen molar-refractivity contribution < 1.29 is 14.6 Å². The van der Waals surface area contributed by atoms with E-state index in [1.807, 2.05) is 6.92 Å². The zero-order valence-corrected chi connectivity index (χ0v) is 14.2. The highest BCUT2D eigenvalue weighted by Crippen LogP contribution is 2.46. The van der Waals surface area contributed by atoms with E-state index in [1.165, 1.54) is 28.9 Å². The molecule has 0 radical (unpaired) electrons. The first kappa shape index (κ1) is 16.3. The maximum Gasteiger partial charge on any atom is 0.412 e. The molecule has 1 amide bonds. The van der Waals surface area contributed by atoms with Crippen molar-refractivity contribution in [2.24, 2.45) is 5.41 Å². The Balaban J connectivity index is 2.18. The summed E-state index contributed by atoms with van der Waals surface area (Å²) in [4.78, 5) is 13.1. The van der Waals surface area contributed by atoms with Gasteiger partial charge in [0.1, 0.15) is 0 Å². The lowest BCUT2D eigenvalue weighted by Gasteiger charge is -2.39. The second kappa shape index (κ2) is 5.01. The number of carbonyl (C=O) groups excluding carboxylic acids is 1. The summed E-state index contributed by atoms with van der Waals surface area (Å²) in [5.74, 6) is 0. The van der Waals surface area contributed by atoms with Crippen molar-refractivity contribution in [1.29, 1.82) is 0 Å². The lowest BCUT2D eigenvalue weighted by molar-refractivity contribution is -0.133. The molecule has 2 atom stereocenters. The van der Waals surface area contributed by atoms with Gasteiger partial charge in [0.2, 0.25) is 0 Å². The molecule has 0 aromatic heterocycles. The molecule has 120 valence electrons. The second-order valence-electron chi connectivity index (χ2n) is 7.67. The molecule has 0 unspecified atom stereocenters. The minimum absolute atomic E-state index is 0.207. The van der Waals surface area contributed by atoms with Crippen LogP contribution >= 0.6 is 0 Å². The number of allylic oxidation sites excluding steroid dienone is 2. The highest BCUT2D eigenvalue weighted by Gasteiger charge is 2.57. The van der Waals surface area contributed by atoms with Gasteiger partial charge in [0.05, 0.1) is 0 Å². The highest BCUT2D eigenvalue weighted by atomic mass is 16.6. The molecular weight excluding hydrogens is 266 g/mol. The lowest BCUT2D eigenvalue weighted by atomic mass is 9.70. The summed E-state index contributed by atoms with van der Waals surface area (Å²) in [6.07, 6.45) is 4.67. The van der Waals surface area contributed by atoms with E-state index >= 15 is 0 Å². The molecule has 21 heavy (non-hydrogen) atoms. The van der Waals surface area contributed by atoms with E-state index in [-0.39, 0.29) is 5.41 Å². The van der Waals surface area contributed by atoms with Gasteiger partial charge >= 0.3 is 6.09 Å². The Morgan fingerprint density at radius 3 is 2.38 bits per heavy atom. The molecule has 1 aliphatic heterocycles. The quantitative estimate of drug-likeness (QED) is 0.805. The molecule has 0 spiro atoms. The van der Waals surface area contributed by atoms with E-state index in [4.69, 9.17) is 4.74 Å². The molecule has 4 heteroatoms. The first-order valence-electron chi connectivity index (χ1n) is 7.89. The Kier molecular flexibility index (Phi) is 3.90. The van der Waals surface area contributed by atoms with Crippen molar-refractivity contribution in [1.82, 2.24) is 4.90 Å². The normalized spacial score (nSPS) is 36.1. The van der Waals surface area contributed by atoms with Crippen LogP contribution in [0.15, 0.2) is 11.1 Å². The van der Waals surface area contributed by atoms with Crippen molar-refractivity contribution in [2.45, 2.75) is 78.0 Å². The summed E-state index contributed by atoms with van der Waals surface area (Å²) >= 11 is 0. The molecule has 2 rings (SSSR count). The van der Waals surface area contributed by atoms with Gasteiger partial charge in [-0.25, -0.2) is 4.79 Å². The second-order valence-corrected chi connectivity index (χ2v) is 7.67. The fourth-order valence-electron chi connectivity index (χ4n) is 3.77. The number of hydrogen-bond donors (Lipinski definition) is 1. The van der Waals surface area contributed by atoms with Crippen molar-refractivity contribution in [3.8, 4) is 0 Å². The van der Waals surface area contributed by atoms with Crippen LogP contribution in [0.2, 0.25) is 0 Å². The molecule has 0 aromatic carbocycles. The molecule has 2 aliphatic rings. The Morgan fingerprint density at radius 2 is 1.90 bits per heavy atom. The largest absolute Gasteiger partial charge is 0.438 e. The van der Waals surface area contributed by atoms with Crippen LogP contribution < -0.4 is 0 Å². The summed E-state index contributed by atoms with van der Waals surface area (Å²) in [6.45, 7) is 10.3. The van der Waals surface area contributed by atoms with Gasteiger partial charge in [0.15, 0.2) is 11.3 Å². The summed E-state index contributed by atoms with van der Waals surface area (Å²) in [7, 11) is 1.59. The topological polar surface area (TPSA) is 49.8 Å². The first-order chi connectivity index (χ1) is 9.51. The maximum atomic E-state index is 11.8. The van der Waals surface area contributed by atoms with Crippen LogP contribution in [0.3, 0.4) is 0 Å². The molecule has 1 saturated heterocycles. The molecular formula is C17H29NO3. The van der Waals surface area contributed by atoms with E-state index < -0.39 is 17.4 Å². The van der Waals surface area contributed by atoms with E-state index in [0.29, 0.717) is 6.42 Å². The molecule has 0 aromatic rings. The van der Waals surface area contributed by atoms with Crippen LogP contribution in [-0.2, 0) is 4.74 Å². The van der Waals surface area contributed by atoms with Crippen LogP contribution in [0.4, 0.5) is 4.79 Å². The third-order valence-electron chi connectivity index (χ3n) is 5.78. The molecule has 1 aliphatic carbocycles. The monoisotopic (exact) mass is 295 g/mol. The first-order valence-corrected chi connectivity index (χ1v) is 7.89. The van der Waals surface area contributed by atoms with Gasteiger partial charge in [-0.05, 0) is 58.3 Å². The number of likely N-dealkylation sites (N-methyl/N-ethyl adjacent to an activating group) is 1. The summed E-state index contributed by atoms with van der Waals surface area (Å²) in [5.41, 5.74) is 1.01. The lowest BCUT2D eigenvalue weighted by Crippen LogP contribution is -2.53. The molecule has 1 fully saturated rings. The zero-order valence-electron chi connectivity index (χ0n) is 14.2.